The number of hydrogen-bond acceptors (Lipinski definition) is 8. The van der Waals surface area contributed by atoms with E-state index in [9.17, 15) is 24.3 Å². The molecule has 0 aliphatic carbocycles. The lowest BCUT2D eigenvalue weighted by molar-refractivity contribution is -0.154. The predicted molar refractivity (Wildman–Crippen MR) is 121 cm³/mol. The van der Waals surface area contributed by atoms with Crippen LogP contribution in [0.25, 0.3) is 0 Å². The summed E-state index contributed by atoms with van der Waals surface area (Å²) in [4.78, 5) is 47.7. The van der Waals surface area contributed by atoms with Gasteiger partial charge in [-0.25, -0.2) is 0 Å². The molecule has 0 amide bonds. The average Bonchev–Trinajstić information content (AvgIpc) is 2.76. The second kappa shape index (κ2) is 12.9. The maximum Gasteiger partial charge on any atom is 0.321 e. The number of rotatable bonds is 12. The van der Waals surface area contributed by atoms with Crippen molar-refractivity contribution in [1.82, 2.24) is 0 Å². The number of carboxylic acid groups (broad SMARTS) is 1. The summed E-state index contributed by atoms with van der Waals surface area (Å²) >= 11 is 0. The first kappa shape index (κ1) is 28.1. The van der Waals surface area contributed by atoms with Gasteiger partial charge in [-0.3, -0.25) is 19.2 Å². The standard InChI is InChI=1S/C24H35NO8/c1-7-20(26)32-18-10-9-16(12-19(18)33-21(27)8-2)17(22(25)23(28)29)11-14(5)31-24(30)15(6)13(3)4/h9-10,12-15,17,22H,7-8,11,25H2,1-6H3,(H,28,29)/t14?,15?,17?,22-/m0/s1. The fraction of sp³-hybridized carbons (Fsp3) is 0.583. The molecule has 3 unspecified atom stereocenters. The Kier molecular flexibility index (Phi) is 11.0. The lowest BCUT2D eigenvalue weighted by Gasteiger charge is -2.26. The van der Waals surface area contributed by atoms with Gasteiger partial charge in [0.25, 0.3) is 0 Å². The summed E-state index contributed by atoms with van der Waals surface area (Å²) in [5, 5.41) is 9.54. The number of benzene rings is 1. The predicted octanol–water partition coefficient (Wildman–Crippen LogP) is 3.43. The molecule has 0 spiro atoms. The summed E-state index contributed by atoms with van der Waals surface area (Å²) in [7, 11) is 0. The molecule has 9 heteroatoms. The minimum atomic E-state index is -1.31. The van der Waals surface area contributed by atoms with Crippen molar-refractivity contribution < 1.29 is 38.5 Å². The van der Waals surface area contributed by atoms with Crippen LogP contribution in [0.1, 0.15) is 72.3 Å². The van der Waals surface area contributed by atoms with Crippen LogP contribution in [-0.4, -0.2) is 41.1 Å². The van der Waals surface area contributed by atoms with Gasteiger partial charge in [-0.2, -0.15) is 0 Å². The summed E-state index contributed by atoms with van der Waals surface area (Å²) in [5.74, 6) is -3.64. The number of hydrogen-bond donors (Lipinski definition) is 2. The van der Waals surface area contributed by atoms with Crippen molar-refractivity contribution in [3.63, 3.8) is 0 Å². The fourth-order valence-electron chi connectivity index (χ4n) is 2.95. The number of esters is 3. The fourth-order valence-corrected chi connectivity index (χ4v) is 2.95. The van der Waals surface area contributed by atoms with Gasteiger partial charge in [-0.15, -0.1) is 0 Å². The van der Waals surface area contributed by atoms with E-state index in [1.54, 1.807) is 33.8 Å². The molecule has 0 aliphatic heterocycles. The van der Waals surface area contributed by atoms with Gasteiger partial charge in [0.2, 0.25) is 0 Å². The van der Waals surface area contributed by atoms with Gasteiger partial charge < -0.3 is 25.1 Å². The van der Waals surface area contributed by atoms with Crippen molar-refractivity contribution in [3.05, 3.63) is 23.8 Å². The van der Waals surface area contributed by atoms with Gasteiger partial charge in [0.05, 0.1) is 12.0 Å². The Hall–Kier alpha value is -2.94. The molecule has 0 saturated heterocycles. The van der Waals surface area contributed by atoms with Crippen LogP contribution in [0.4, 0.5) is 0 Å². The van der Waals surface area contributed by atoms with Gasteiger partial charge in [0, 0.05) is 18.8 Å². The van der Waals surface area contributed by atoms with E-state index in [0.717, 1.165) is 0 Å². The van der Waals surface area contributed by atoms with Gasteiger partial charge in [-0.1, -0.05) is 40.7 Å². The van der Waals surface area contributed by atoms with E-state index in [1.807, 2.05) is 13.8 Å². The molecule has 0 fully saturated rings. The van der Waals surface area contributed by atoms with E-state index in [1.165, 1.54) is 12.1 Å². The summed E-state index contributed by atoms with van der Waals surface area (Å²) in [6.45, 7) is 10.5. The van der Waals surface area contributed by atoms with E-state index in [2.05, 4.69) is 0 Å². The average molecular weight is 466 g/mol. The van der Waals surface area contributed by atoms with E-state index in [4.69, 9.17) is 19.9 Å². The number of aliphatic carboxylic acids is 1. The van der Waals surface area contributed by atoms with Crippen LogP contribution in [0.15, 0.2) is 18.2 Å². The highest BCUT2D eigenvalue weighted by atomic mass is 16.6. The van der Waals surface area contributed by atoms with Crippen molar-refractivity contribution in [3.8, 4) is 11.5 Å². The molecule has 0 radical (unpaired) electrons. The van der Waals surface area contributed by atoms with Crippen LogP contribution in [0, 0.1) is 11.8 Å². The maximum atomic E-state index is 12.3. The summed E-state index contributed by atoms with van der Waals surface area (Å²) in [6.07, 6.45) is -0.287. The molecular weight excluding hydrogens is 430 g/mol. The minimum absolute atomic E-state index is 0.0122. The smallest absolute Gasteiger partial charge is 0.321 e. The monoisotopic (exact) mass is 465 g/mol. The van der Waals surface area contributed by atoms with Gasteiger partial charge in [-0.05, 0) is 37.0 Å². The number of carbonyl (C=O) groups is 4. The zero-order chi connectivity index (χ0) is 25.3. The first-order valence-electron chi connectivity index (χ1n) is 11.1. The van der Waals surface area contributed by atoms with Crippen molar-refractivity contribution in [2.45, 2.75) is 78.9 Å². The molecule has 1 aromatic carbocycles. The quantitative estimate of drug-likeness (QED) is 0.350. The molecule has 0 aliphatic rings. The van der Waals surface area contributed by atoms with E-state index < -0.39 is 36.0 Å². The van der Waals surface area contributed by atoms with Crippen molar-refractivity contribution in [2.75, 3.05) is 0 Å². The summed E-state index contributed by atoms with van der Waals surface area (Å²) < 4.78 is 16.1. The Balaban J connectivity index is 3.28. The molecule has 3 N–H and O–H groups in total. The largest absolute Gasteiger partial charge is 0.480 e. The Morgan fingerprint density at radius 1 is 0.939 bits per heavy atom. The maximum absolute atomic E-state index is 12.3. The first-order chi connectivity index (χ1) is 15.4. The third-order valence-corrected chi connectivity index (χ3v) is 5.41. The molecule has 0 heterocycles. The molecule has 0 saturated carbocycles. The van der Waals surface area contributed by atoms with Gasteiger partial charge in [0.15, 0.2) is 11.5 Å². The second-order valence-corrected chi connectivity index (χ2v) is 8.35. The molecule has 0 aromatic heterocycles. The van der Waals surface area contributed by atoms with Crippen molar-refractivity contribution in [1.29, 1.82) is 0 Å². The normalized spacial score (nSPS) is 14.7. The zero-order valence-corrected chi connectivity index (χ0v) is 20.1. The highest BCUT2D eigenvalue weighted by Crippen LogP contribution is 2.35. The minimum Gasteiger partial charge on any atom is -0.480 e. The van der Waals surface area contributed by atoms with E-state index >= 15 is 0 Å². The van der Waals surface area contributed by atoms with Crippen LogP contribution in [-0.2, 0) is 23.9 Å². The number of carboxylic acids is 1. The Labute approximate surface area is 194 Å². The lowest BCUT2D eigenvalue weighted by atomic mass is 9.87. The molecule has 184 valence electrons. The Morgan fingerprint density at radius 3 is 1.97 bits per heavy atom. The topological polar surface area (TPSA) is 142 Å². The van der Waals surface area contributed by atoms with Crippen molar-refractivity contribution in [2.24, 2.45) is 17.6 Å². The van der Waals surface area contributed by atoms with E-state index in [0.29, 0.717) is 5.56 Å². The third-order valence-electron chi connectivity index (χ3n) is 5.41. The van der Waals surface area contributed by atoms with Crippen LogP contribution in [0.3, 0.4) is 0 Å². The Morgan fingerprint density at radius 2 is 1.48 bits per heavy atom. The molecule has 0 bridgehead atoms. The summed E-state index contributed by atoms with van der Waals surface area (Å²) in [6, 6.07) is 3.11. The highest BCUT2D eigenvalue weighted by molar-refractivity contribution is 5.77. The molecular formula is C24H35NO8. The number of carbonyl (C=O) groups excluding carboxylic acids is 3. The van der Waals surface area contributed by atoms with Gasteiger partial charge >= 0.3 is 23.9 Å². The van der Waals surface area contributed by atoms with E-state index in [-0.39, 0.29) is 48.6 Å². The lowest BCUT2D eigenvalue weighted by Crippen LogP contribution is -2.38. The second-order valence-electron chi connectivity index (χ2n) is 8.35. The third kappa shape index (κ3) is 8.49. The Bertz CT molecular complexity index is 851. The van der Waals surface area contributed by atoms with Crippen LogP contribution >= 0.6 is 0 Å². The highest BCUT2D eigenvalue weighted by Gasteiger charge is 2.31. The molecule has 1 aromatic rings. The van der Waals surface area contributed by atoms with Gasteiger partial charge in [0.1, 0.15) is 6.04 Å². The molecule has 33 heavy (non-hydrogen) atoms. The molecule has 1 rings (SSSR count). The first-order valence-corrected chi connectivity index (χ1v) is 11.1. The van der Waals surface area contributed by atoms with Crippen molar-refractivity contribution >= 4 is 23.9 Å². The van der Waals surface area contributed by atoms with Crippen LogP contribution in [0.5, 0.6) is 11.5 Å². The zero-order valence-electron chi connectivity index (χ0n) is 20.1. The van der Waals surface area contributed by atoms with Crippen LogP contribution in [0.2, 0.25) is 0 Å². The summed E-state index contributed by atoms with van der Waals surface area (Å²) in [5.41, 5.74) is 6.41. The SMILES string of the molecule is CCC(=O)Oc1ccc(C(CC(C)OC(=O)C(C)C(C)C)[C@H](N)C(=O)O)cc1OC(=O)CC. The molecule has 9 nitrogen and oxygen atoms in total. The number of nitrogens with two attached hydrogens (primary N) is 1. The number of ether oxygens (including phenoxy) is 3. The molecule has 4 atom stereocenters. The van der Waals surface area contributed by atoms with Crippen LogP contribution < -0.4 is 15.2 Å².